The zero-order chi connectivity index (χ0) is 24.0. The number of amides is 1. The van der Waals surface area contributed by atoms with Gasteiger partial charge in [-0.25, -0.2) is 4.39 Å². The molecule has 1 aromatic rings. The molecule has 0 bridgehead atoms. The second kappa shape index (κ2) is 8.85. The number of rotatable bonds is 4. The largest absolute Gasteiger partial charge is 0.305 e. The summed E-state index contributed by atoms with van der Waals surface area (Å²) in [5.74, 6) is 0.618. The third kappa shape index (κ3) is 4.58. The number of hydrogen-bond donors (Lipinski definition) is 0. The fourth-order valence-corrected chi connectivity index (χ4v) is 5.99. The van der Waals surface area contributed by atoms with Crippen LogP contribution in [0.25, 0.3) is 0 Å². The van der Waals surface area contributed by atoms with E-state index in [-0.39, 0.29) is 29.1 Å². The lowest BCUT2D eigenvalue weighted by molar-refractivity contribution is -0.133. The normalized spacial score (nSPS) is 27.0. The number of benzene rings is 1. The lowest BCUT2D eigenvalue weighted by atomic mass is 9.69. The third-order valence-electron chi connectivity index (χ3n) is 8.00. The molecule has 0 radical (unpaired) electrons. The molecule has 0 saturated heterocycles. The average Bonchev–Trinajstić information content (AvgIpc) is 3.02. The van der Waals surface area contributed by atoms with Crippen LogP contribution in [0.1, 0.15) is 85.6 Å². The van der Waals surface area contributed by atoms with Gasteiger partial charge in [-0.3, -0.25) is 9.79 Å². The number of halogens is 1. The van der Waals surface area contributed by atoms with Crippen LogP contribution < -0.4 is 0 Å². The van der Waals surface area contributed by atoms with Crippen molar-refractivity contribution in [2.75, 3.05) is 0 Å². The smallest absolute Gasteiger partial charge is 0.275 e. The van der Waals surface area contributed by atoms with Gasteiger partial charge < -0.3 is 4.90 Å². The van der Waals surface area contributed by atoms with E-state index in [2.05, 4.69) is 58.6 Å². The molecule has 4 rings (SSSR count). The monoisotopic (exact) mass is 450 g/mol. The average molecular weight is 451 g/mol. The number of carbonyl (C=O) groups is 1. The number of allylic oxidation sites excluding steroid dienone is 3. The van der Waals surface area contributed by atoms with E-state index in [0.29, 0.717) is 11.6 Å². The zero-order valence-electron chi connectivity index (χ0n) is 21.1. The minimum absolute atomic E-state index is 0.00157. The molecule has 1 aliphatic heterocycles. The highest BCUT2D eigenvalue weighted by molar-refractivity contribution is 6.46. The predicted molar refractivity (Wildman–Crippen MR) is 134 cm³/mol. The number of hydrogen-bond acceptors (Lipinski definition) is 2. The molecule has 1 atom stereocenters. The van der Waals surface area contributed by atoms with Crippen LogP contribution in [0, 0.1) is 23.1 Å². The molecular weight excluding hydrogens is 411 g/mol. The van der Waals surface area contributed by atoms with Crippen LogP contribution in [0.4, 0.5) is 4.39 Å². The topological polar surface area (TPSA) is 32.7 Å². The van der Waals surface area contributed by atoms with E-state index in [0.717, 1.165) is 44.1 Å². The molecule has 33 heavy (non-hydrogen) atoms. The summed E-state index contributed by atoms with van der Waals surface area (Å²) in [7, 11) is 0. The summed E-state index contributed by atoms with van der Waals surface area (Å²) in [6.07, 6.45) is 10.4. The maximum atomic E-state index is 14.1. The van der Waals surface area contributed by atoms with Gasteiger partial charge in [0.2, 0.25) is 0 Å². The van der Waals surface area contributed by atoms with Crippen molar-refractivity contribution in [1.29, 1.82) is 0 Å². The summed E-state index contributed by atoms with van der Waals surface area (Å²) in [5, 5.41) is 0. The van der Waals surface area contributed by atoms with Crippen molar-refractivity contribution < 1.29 is 9.18 Å². The highest BCUT2D eigenvalue weighted by Gasteiger charge is 2.53. The summed E-state index contributed by atoms with van der Waals surface area (Å²) >= 11 is 0. The SMILES string of the molecule is CC1=CC=C(C(C(C)C)N2C(=O)C(c3ccc(F)cc3)=NC23CCC(C(C)(C)C)CC3)CC1. The molecule has 178 valence electrons. The van der Waals surface area contributed by atoms with Crippen LogP contribution in [0.3, 0.4) is 0 Å². The van der Waals surface area contributed by atoms with Crippen LogP contribution >= 0.6 is 0 Å². The van der Waals surface area contributed by atoms with Gasteiger partial charge in [0.25, 0.3) is 5.91 Å². The number of carbonyl (C=O) groups excluding carboxylic acids is 1. The van der Waals surface area contributed by atoms with E-state index in [4.69, 9.17) is 4.99 Å². The third-order valence-corrected chi connectivity index (χ3v) is 8.00. The Kier molecular flexibility index (Phi) is 6.41. The first-order valence-electron chi connectivity index (χ1n) is 12.6. The van der Waals surface area contributed by atoms with Crippen LogP contribution in [-0.4, -0.2) is 28.2 Å². The Bertz CT molecular complexity index is 985. The van der Waals surface area contributed by atoms with E-state index >= 15 is 0 Å². The van der Waals surface area contributed by atoms with Crippen molar-refractivity contribution in [3.63, 3.8) is 0 Å². The van der Waals surface area contributed by atoms with Crippen LogP contribution in [-0.2, 0) is 4.79 Å². The van der Waals surface area contributed by atoms with E-state index in [9.17, 15) is 9.18 Å². The molecule has 3 nitrogen and oxygen atoms in total. The van der Waals surface area contributed by atoms with Crippen molar-refractivity contribution in [1.82, 2.24) is 4.90 Å². The van der Waals surface area contributed by atoms with Crippen molar-refractivity contribution in [2.24, 2.45) is 22.2 Å². The maximum Gasteiger partial charge on any atom is 0.275 e. The lowest BCUT2D eigenvalue weighted by Gasteiger charge is -2.49. The van der Waals surface area contributed by atoms with Gasteiger partial charge in [0.1, 0.15) is 17.2 Å². The van der Waals surface area contributed by atoms with E-state index < -0.39 is 5.66 Å². The lowest BCUT2D eigenvalue weighted by Crippen LogP contribution is -2.56. The zero-order valence-corrected chi connectivity index (χ0v) is 21.1. The van der Waals surface area contributed by atoms with Gasteiger partial charge in [-0.15, -0.1) is 0 Å². The first kappa shape index (κ1) is 23.9. The quantitative estimate of drug-likeness (QED) is 0.482. The molecule has 1 spiro atoms. The molecule has 1 aromatic carbocycles. The van der Waals surface area contributed by atoms with Crippen molar-refractivity contribution in [2.45, 2.75) is 91.8 Å². The predicted octanol–water partition coefficient (Wildman–Crippen LogP) is 7.08. The highest BCUT2D eigenvalue weighted by Crippen LogP contribution is 2.49. The molecule has 3 aliphatic rings. The summed E-state index contributed by atoms with van der Waals surface area (Å²) < 4.78 is 13.6. The van der Waals surface area contributed by atoms with E-state index in [1.165, 1.54) is 23.3 Å². The Balaban J connectivity index is 1.77. The van der Waals surface area contributed by atoms with Gasteiger partial charge in [-0.2, -0.15) is 0 Å². The molecule has 1 saturated carbocycles. The number of nitrogens with zero attached hydrogens (tertiary/aromatic N) is 2. The Morgan fingerprint density at radius 1 is 1.06 bits per heavy atom. The first-order valence-corrected chi connectivity index (χ1v) is 12.6. The van der Waals surface area contributed by atoms with Gasteiger partial charge in [0, 0.05) is 5.56 Å². The van der Waals surface area contributed by atoms with Crippen LogP contribution in [0.2, 0.25) is 0 Å². The molecule has 1 amide bonds. The first-order chi connectivity index (χ1) is 15.5. The Morgan fingerprint density at radius 2 is 1.70 bits per heavy atom. The standard InChI is InChI=1S/C29H39FN2O/c1-19(2)26(22-9-7-20(3)8-10-22)32-27(33)25(21-11-13-24(30)14-12-21)31-29(32)17-15-23(16-18-29)28(4,5)6/h7,9,11-14,19,23,26H,8,10,15-18H2,1-6H3. The minimum atomic E-state index is -0.505. The Hall–Kier alpha value is -2.23. The molecule has 2 aliphatic carbocycles. The fourth-order valence-electron chi connectivity index (χ4n) is 5.99. The second-order valence-corrected chi connectivity index (χ2v) is 11.7. The van der Waals surface area contributed by atoms with Crippen LogP contribution in [0.15, 0.2) is 52.6 Å². The van der Waals surface area contributed by atoms with Crippen LogP contribution in [0.5, 0.6) is 0 Å². The van der Waals surface area contributed by atoms with Crippen molar-refractivity contribution in [3.05, 3.63) is 58.9 Å². The molecular formula is C29H39FN2O. The van der Waals surface area contributed by atoms with Gasteiger partial charge in [-0.1, -0.05) is 52.3 Å². The minimum Gasteiger partial charge on any atom is -0.305 e. The molecule has 0 aromatic heterocycles. The summed E-state index contributed by atoms with van der Waals surface area (Å²) in [6, 6.07) is 6.26. The molecule has 0 N–H and O–H groups in total. The molecule has 1 heterocycles. The molecule has 4 heteroatoms. The molecule has 1 unspecified atom stereocenters. The van der Waals surface area contributed by atoms with Crippen molar-refractivity contribution in [3.8, 4) is 0 Å². The Labute approximate surface area is 198 Å². The van der Waals surface area contributed by atoms with Crippen molar-refractivity contribution >= 4 is 11.6 Å². The summed E-state index contributed by atoms with van der Waals surface area (Å²) in [6.45, 7) is 13.6. The molecule has 1 fully saturated rings. The highest BCUT2D eigenvalue weighted by atomic mass is 19.1. The summed E-state index contributed by atoms with van der Waals surface area (Å²) in [4.78, 5) is 21.4. The fraction of sp³-hybridized carbons (Fsp3) is 0.586. The maximum absolute atomic E-state index is 14.1. The number of aliphatic imine (C=N–C) groups is 1. The van der Waals surface area contributed by atoms with Gasteiger partial charge >= 0.3 is 0 Å². The van der Waals surface area contributed by atoms with Gasteiger partial charge in [-0.05, 0) is 92.5 Å². The van der Waals surface area contributed by atoms with E-state index in [1.54, 1.807) is 12.1 Å². The van der Waals surface area contributed by atoms with E-state index in [1.807, 2.05) is 0 Å². The van der Waals surface area contributed by atoms with Gasteiger partial charge in [0.05, 0.1) is 6.04 Å². The second-order valence-electron chi connectivity index (χ2n) is 11.7. The summed E-state index contributed by atoms with van der Waals surface area (Å²) in [5.41, 5.74) is 3.68. The van der Waals surface area contributed by atoms with Gasteiger partial charge in [0.15, 0.2) is 0 Å². The Morgan fingerprint density at radius 3 is 2.21 bits per heavy atom.